The van der Waals surface area contributed by atoms with Gasteiger partial charge in [0.2, 0.25) is 0 Å². The van der Waals surface area contributed by atoms with Gasteiger partial charge in [0.05, 0.1) is 11.1 Å². The molecule has 4 N–H and O–H groups in total. The Kier molecular flexibility index (Phi) is 7.74. The molecule has 172 valence electrons. The minimum Gasteiger partial charge on any atom is -0.484 e. The molecule has 0 saturated heterocycles. The van der Waals surface area contributed by atoms with Crippen molar-refractivity contribution in [3.8, 4) is 5.75 Å². The van der Waals surface area contributed by atoms with E-state index in [-0.39, 0.29) is 30.7 Å². The first-order valence-electron chi connectivity index (χ1n) is 10.4. The van der Waals surface area contributed by atoms with E-state index in [1.807, 2.05) is 0 Å². The Hall–Kier alpha value is -4.21. The van der Waals surface area contributed by atoms with Crippen molar-refractivity contribution in [2.45, 2.75) is 25.7 Å². The van der Waals surface area contributed by atoms with Crippen molar-refractivity contribution in [2.24, 2.45) is 16.6 Å². The highest BCUT2D eigenvalue weighted by molar-refractivity contribution is 6.21. The van der Waals surface area contributed by atoms with Gasteiger partial charge in [0.1, 0.15) is 5.75 Å². The molecular formula is C23H24N4O6. The molecule has 0 radical (unpaired) electrons. The van der Waals surface area contributed by atoms with Crippen LogP contribution in [0.15, 0.2) is 53.7 Å². The summed E-state index contributed by atoms with van der Waals surface area (Å²) in [5.74, 6) is -1.26. The highest BCUT2D eigenvalue weighted by atomic mass is 16.7. The fraction of sp³-hybridized carbons (Fsp3) is 0.261. The normalized spacial score (nSPS) is 13.1. The van der Waals surface area contributed by atoms with Gasteiger partial charge in [-0.3, -0.25) is 19.3 Å². The van der Waals surface area contributed by atoms with Gasteiger partial charge in [-0.25, -0.2) is 4.79 Å². The molecule has 1 heterocycles. The number of unbranched alkanes of at least 4 members (excludes halogenated alkanes) is 2. The number of amides is 3. The predicted octanol–water partition coefficient (Wildman–Crippen LogP) is 1.57. The first-order chi connectivity index (χ1) is 15.9. The van der Waals surface area contributed by atoms with E-state index in [0.29, 0.717) is 48.2 Å². The van der Waals surface area contributed by atoms with E-state index in [0.717, 1.165) is 0 Å². The fourth-order valence-corrected chi connectivity index (χ4v) is 3.23. The lowest BCUT2D eigenvalue weighted by Gasteiger charge is -2.13. The third kappa shape index (κ3) is 6.16. The van der Waals surface area contributed by atoms with Gasteiger partial charge in [-0.2, -0.15) is 0 Å². The fourth-order valence-electron chi connectivity index (χ4n) is 3.23. The quantitative estimate of drug-likeness (QED) is 0.131. The van der Waals surface area contributed by atoms with Gasteiger partial charge >= 0.3 is 5.97 Å². The van der Waals surface area contributed by atoms with Crippen LogP contribution in [0.4, 0.5) is 0 Å². The summed E-state index contributed by atoms with van der Waals surface area (Å²) in [6.45, 7) is 0.0600. The molecule has 0 saturated carbocycles. The van der Waals surface area contributed by atoms with Gasteiger partial charge in [-0.15, -0.1) is 0 Å². The van der Waals surface area contributed by atoms with Crippen LogP contribution in [0.25, 0.3) is 0 Å². The summed E-state index contributed by atoms with van der Waals surface area (Å²) in [4.78, 5) is 53.3. The highest BCUT2D eigenvalue weighted by Crippen LogP contribution is 2.22. The summed E-state index contributed by atoms with van der Waals surface area (Å²) < 4.78 is 5.14. The predicted molar refractivity (Wildman–Crippen MR) is 118 cm³/mol. The molecule has 2 aromatic carbocycles. The van der Waals surface area contributed by atoms with Gasteiger partial charge in [-0.1, -0.05) is 23.7 Å². The molecule has 1 aliphatic rings. The van der Waals surface area contributed by atoms with Crippen molar-refractivity contribution in [3.05, 3.63) is 65.2 Å². The molecule has 10 heteroatoms. The number of primary amides is 1. The second kappa shape index (κ2) is 10.9. The van der Waals surface area contributed by atoms with Crippen molar-refractivity contribution < 1.29 is 28.8 Å². The van der Waals surface area contributed by atoms with Crippen LogP contribution < -0.4 is 16.2 Å². The van der Waals surface area contributed by atoms with Gasteiger partial charge < -0.3 is 21.0 Å². The number of ether oxygens (including phenoxy) is 1. The summed E-state index contributed by atoms with van der Waals surface area (Å²) in [5.41, 5.74) is 12.2. The lowest BCUT2D eigenvalue weighted by Crippen LogP contribution is -2.30. The highest BCUT2D eigenvalue weighted by Gasteiger charge is 2.34. The topological polar surface area (TPSA) is 154 Å². The Labute approximate surface area is 190 Å². The Morgan fingerprint density at radius 3 is 2.12 bits per heavy atom. The zero-order valence-electron chi connectivity index (χ0n) is 17.9. The van der Waals surface area contributed by atoms with E-state index < -0.39 is 11.9 Å². The first-order valence-corrected chi connectivity index (χ1v) is 10.4. The van der Waals surface area contributed by atoms with E-state index >= 15 is 0 Å². The number of benzene rings is 2. The number of nitrogens with zero attached hydrogens (tertiary/aromatic N) is 2. The summed E-state index contributed by atoms with van der Waals surface area (Å²) in [5, 5.41) is 3.64. The van der Waals surface area contributed by atoms with Crippen LogP contribution in [0.5, 0.6) is 5.75 Å². The number of carbonyl (C=O) groups excluding carboxylic acids is 4. The van der Waals surface area contributed by atoms with Crippen LogP contribution in [0, 0.1) is 0 Å². The van der Waals surface area contributed by atoms with Crippen LogP contribution in [0.1, 0.15) is 52.0 Å². The van der Waals surface area contributed by atoms with E-state index in [1.54, 1.807) is 48.5 Å². The Morgan fingerprint density at radius 2 is 1.52 bits per heavy atom. The third-order valence-electron chi connectivity index (χ3n) is 4.92. The van der Waals surface area contributed by atoms with Crippen molar-refractivity contribution in [2.75, 3.05) is 13.2 Å². The molecule has 0 atom stereocenters. The molecule has 0 aromatic heterocycles. The van der Waals surface area contributed by atoms with Gasteiger partial charge in [0.25, 0.3) is 17.7 Å². The maximum absolute atomic E-state index is 12.3. The molecule has 0 spiro atoms. The Bertz CT molecular complexity index is 1050. The molecule has 33 heavy (non-hydrogen) atoms. The Morgan fingerprint density at radius 1 is 0.879 bits per heavy atom. The number of nitrogens with two attached hydrogens (primary N) is 2. The molecule has 0 bridgehead atoms. The lowest BCUT2D eigenvalue weighted by molar-refractivity contribution is -0.143. The van der Waals surface area contributed by atoms with Crippen molar-refractivity contribution in [1.29, 1.82) is 0 Å². The van der Waals surface area contributed by atoms with E-state index in [9.17, 15) is 19.2 Å². The maximum Gasteiger partial charge on any atom is 0.335 e. The summed E-state index contributed by atoms with van der Waals surface area (Å²) >= 11 is 0. The van der Waals surface area contributed by atoms with Crippen molar-refractivity contribution >= 4 is 29.5 Å². The lowest BCUT2D eigenvalue weighted by atomic mass is 10.1. The van der Waals surface area contributed by atoms with Crippen LogP contribution in [-0.4, -0.2) is 47.6 Å². The van der Waals surface area contributed by atoms with Gasteiger partial charge in [0.15, 0.2) is 12.4 Å². The van der Waals surface area contributed by atoms with Gasteiger partial charge in [-0.05, 0) is 49.2 Å². The van der Waals surface area contributed by atoms with Crippen LogP contribution in [0.3, 0.4) is 0 Å². The largest absolute Gasteiger partial charge is 0.484 e. The van der Waals surface area contributed by atoms with E-state index in [4.69, 9.17) is 21.0 Å². The number of rotatable bonds is 11. The standard InChI is InChI=1S/C23H24N4O6/c24-19(28)14-32-16-11-9-15(10-12-16)21(25)26-33-20(29)8-2-1-5-13-27-22(30)17-6-3-4-7-18(17)23(27)31/h3-4,6-7,9-12H,1-2,5,8,13-14H2,(H2,24,28)(H2,25,26). The zero-order valence-corrected chi connectivity index (χ0v) is 17.9. The summed E-state index contributed by atoms with van der Waals surface area (Å²) in [7, 11) is 0. The zero-order chi connectivity index (χ0) is 23.8. The number of fused-ring (bicyclic) bond motifs is 1. The minimum atomic E-state index is -0.587. The first kappa shape index (κ1) is 23.5. The SMILES string of the molecule is NC(=O)COc1ccc(/C(N)=N/OC(=O)CCCCCN2C(=O)c3ccccc3C2=O)cc1. The number of oxime groups is 1. The molecule has 0 aliphatic carbocycles. The van der Waals surface area contributed by atoms with Crippen molar-refractivity contribution in [1.82, 2.24) is 4.90 Å². The molecule has 10 nitrogen and oxygen atoms in total. The molecule has 1 aliphatic heterocycles. The average molecular weight is 452 g/mol. The molecular weight excluding hydrogens is 428 g/mol. The maximum atomic E-state index is 12.3. The summed E-state index contributed by atoms with van der Waals surface area (Å²) in [6.07, 6.45) is 1.85. The molecule has 0 fully saturated rings. The van der Waals surface area contributed by atoms with Gasteiger partial charge in [0, 0.05) is 18.5 Å². The number of hydrogen-bond acceptors (Lipinski definition) is 7. The number of imide groups is 1. The molecule has 2 aromatic rings. The van der Waals surface area contributed by atoms with E-state index in [2.05, 4.69) is 5.16 Å². The molecule has 0 unspecified atom stereocenters. The third-order valence-corrected chi connectivity index (χ3v) is 4.92. The van der Waals surface area contributed by atoms with Crippen LogP contribution >= 0.6 is 0 Å². The summed E-state index contributed by atoms with van der Waals surface area (Å²) in [6, 6.07) is 13.1. The second-order valence-electron chi connectivity index (χ2n) is 7.34. The smallest absolute Gasteiger partial charge is 0.335 e. The number of hydrogen-bond donors (Lipinski definition) is 2. The minimum absolute atomic E-state index is 0.00965. The number of amidine groups is 1. The van der Waals surface area contributed by atoms with E-state index in [1.165, 1.54) is 4.90 Å². The van der Waals surface area contributed by atoms with Crippen LogP contribution in [-0.2, 0) is 14.4 Å². The molecule has 3 amide bonds. The van der Waals surface area contributed by atoms with Crippen LogP contribution in [0.2, 0.25) is 0 Å². The monoisotopic (exact) mass is 452 g/mol. The molecule has 3 rings (SSSR count). The second-order valence-corrected chi connectivity index (χ2v) is 7.34. The number of carbonyl (C=O) groups is 4. The Balaban J connectivity index is 1.36. The average Bonchev–Trinajstić information content (AvgIpc) is 3.06. The van der Waals surface area contributed by atoms with Crippen molar-refractivity contribution in [3.63, 3.8) is 0 Å².